The summed E-state index contributed by atoms with van der Waals surface area (Å²) in [6.45, 7) is 0. The second kappa shape index (κ2) is 4.39. The van der Waals surface area contributed by atoms with Crippen molar-refractivity contribution in [2.75, 3.05) is 5.73 Å². The lowest BCUT2D eigenvalue weighted by Crippen LogP contribution is -2.16. The first kappa shape index (κ1) is 12.0. The van der Waals surface area contributed by atoms with E-state index < -0.39 is 0 Å². The Kier molecular flexibility index (Phi) is 2.52. The van der Waals surface area contributed by atoms with Crippen LogP contribution < -0.4 is 11.3 Å². The van der Waals surface area contributed by atoms with Crippen LogP contribution in [-0.2, 0) is 0 Å². The highest BCUT2D eigenvalue weighted by Gasteiger charge is 2.13. The third-order valence-electron chi connectivity index (χ3n) is 3.31. The maximum atomic E-state index is 12.2. The molecule has 0 bridgehead atoms. The summed E-state index contributed by atoms with van der Waals surface area (Å²) in [5.74, 6) is 0.394. The fourth-order valence-corrected chi connectivity index (χ4v) is 3.36. The average Bonchev–Trinajstić information content (AvgIpc) is 3.10. The maximum Gasteiger partial charge on any atom is 0.283 e. The Morgan fingerprint density at radius 1 is 1.29 bits per heavy atom. The van der Waals surface area contributed by atoms with E-state index in [1.807, 2.05) is 40.8 Å². The lowest BCUT2D eigenvalue weighted by Gasteiger charge is -2.04. The van der Waals surface area contributed by atoms with Crippen molar-refractivity contribution < 1.29 is 0 Å². The molecule has 0 saturated heterocycles. The second-order valence-electron chi connectivity index (χ2n) is 4.61. The number of aromatic nitrogens is 2. The van der Waals surface area contributed by atoms with E-state index in [1.165, 1.54) is 11.3 Å². The molecule has 5 nitrogen and oxygen atoms in total. The number of benzene rings is 1. The zero-order chi connectivity index (χ0) is 14.4. The standard InChI is InChI=1S/C15H10N4OS/c16-13-10(8-9-4-3-7-17-9)14(20)18-15-19(13)11-5-1-2-6-12(11)21-15/h1-8H,16H2/b9-8+. The van der Waals surface area contributed by atoms with Crippen LogP contribution in [0.2, 0.25) is 0 Å². The van der Waals surface area contributed by atoms with Crippen molar-refractivity contribution in [1.29, 1.82) is 0 Å². The molecule has 21 heavy (non-hydrogen) atoms. The van der Waals surface area contributed by atoms with E-state index in [2.05, 4.69) is 9.98 Å². The third kappa shape index (κ3) is 1.80. The number of nitrogens with two attached hydrogens (primary N) is 1. The fourth-order valence-electron chi connectivity index (χ4n) is 2.34. The summed E-state index contributed by atoms with van der Waals surface area (Å²) in [6.07, 6.45) is 6.97. The molecule has 3 heterocycles. The van der Waals surface area contributed by atoms with Gasteiger partial charge in [-0.25, -0.2) is 0 Å². The van der Waals surface area contributed by atoms with Crippen LogP contribution in [0.4, 0.5) is 5.82 Å². The van der Waals surface area contributed by atoms with Crippen LogP contribution in [0, 0.1) is 0 Å². The normalized spacial score (nSPS) is 15.7. The van der Waals surface area contributed by atoms with Crippen molar-refractivity contribution in [2.24, 2.45) is 4.99 Å². The van der Waals surface area contributed by atoms with E-state index in [0.29, 0.717) is 22.0 Å². The minimum atomic E-state index is -0.331. The molecule has 0 aliphatic carbocycles. The molecule has 0 unspecified atom stereocenters. The number of anilines is 1. The summed E-state index contributed by atoms with van der Waals surface area (Å²) in [4.78, 5) is 21.1. The number of allylic oxidation sites excluding steroid dienone is 2. The number of nitrogens with zero attached hydrogens (tertiary/aromatic N) is 3. The number of nitrogen functional groups attached to an aromatic ring is 1. The van der Waals surface area contributed by atoms with Crippen LogP contribution >= 0.6 is 11.3 Å². The second-order valence-corrected chi connectivity index (χ2v) is 5.62. The molecule has 0 atom stereocenters. The number of thiazole rings is 1. The summed E-state index contributed by atoms with van der Waals surface area (Å²) in [6, 6.07) is 7.84. The molecular formula is C15H10N4OS. The van der Waals surface area contributed by atoms with Gasteiger partial charge in [-0.15, -0.1) is 0 Å². The molecule has 102 valence electrons. The van der Waals surface area contributed by atoms with Crippen LogP contribution in [0.25, 0.3) is 21.3 Å². The Bertz CT molecular complexity index is 1010. The Balaban J connectivity index is 2.10. The van der Waals surface area contributed by atoms with Crippen molar-refractivity contribution in [3.63, 3.8) is 0 Å². The van der Waals surface area contributed by atoms with Crippen LogP contribution in [-0.4, -0.2) is 15.6 Å². The van der Waals surface area contributed by atoms with E-state index in [1.54, 1.807) is 12.3 Å². The zero-order valence-corrected chi connectivity index (χ0v) is 11.7. The van der Waals surface area contributed by atoms with E-state index in [4.69, 9.17) is 5.73 Å². The first-order valence-electron chi connectivity index (χ1n) is 6.36. The summed E-state index contributed by atoms with van der Waals surface area (Å²) < 4.78 is 2.86. The highest BCUT2D eigenvalue weighted by atomic mass is 32.1. The van der Waals surface area contributed by atoms with E-state index in [0.717, 1.165) is 10.2 Å². The molecule has 0 radical (unpaired) electrons. The number of fused-ring (bicyclic) bond motifs is 3. The quantitative estimate of drug-likeness (QED) is 0.749. The topological polar surface area (TPSA) is 72.8 Å². The predicted molar refractivity (Wildman–Crippen MR) is 86.9 cm³/mol. The van der Waals surface area contributed by atoms with Gasteiger partial charge in [-0.2, -0.15) is 4.98 Å². The molecule has 6 heteroatoms. The molecule has 2 aromatic heterocycles. The van der Waals surface area contributed by atoms with Crippen molar-refractivity contribution in [2.45, 2.75) is 0 Å². The molecule has 0 fully saturated rings. The molecule has 0 saturated carbocycles. The van der Waals surface area contributed by atoms with Gasteiger partial charge in [0.15, 0.2) is 4.96 Å². The molecule has 2 N–H and O–H groups in total. The smallest absolute Gasteiger partial charge is 0.283 e. The number of aliphatic imine (C=N–C) groups is 1. The molecule has 0 spiro atoms. The molecule has 0 amide bonds. The number of para-hydroxylation sites is 1. The molecule has 4 rings (SSSR count). The summed E-state index contributed by atoms with van der Waals surface area (Å²) in [5, 5.41) is 0. The Hall–Kier alpha value is -2.73. The van der Waals surface area contributed by atoms with Crippen molar-refractivity contribution in [3.8, 4) is 0 Å². The van der Waals surface area contributed by atoms with Gasteiger partial charge < -0.3 is 5.73 Å². The van der Waals surface area contributed by atoms with Gasteiger partial charge in [0.2, 0.25) is 0 Å². The SMILES string of the molecule is Nc1c(/C=C2\C=CC=N2)c(=O)nc2sc3ccccc3n12. The van der Waals surface area contributed by atoms with Crippen molar-refractivity contribution in [3.05, 3.63) is 58.0 Å². The first-order chi connectivity index (χ1) is 10.2. The van der Waals surface area contributed by atoms with Gasteiger partial charge >= 0.3 is 0 Å². The molecule has 3 aromatic rings. The van der Waals surface area contributed by atoms with Crippen LogP contribution in [0.5, 0.6) is 0 Å². The monoisotopic (exact) mass is 294 g/mol. The largest absolute Gasteiger partial charge is 0.384 e. The maximum absolute atomic E-state index is 12.2. The fraction of sp³-hybridized carbons (Fsp3) is 0. The summed E-state index contributed by atoms with van der Waals surface area (Å²) in [7, 11) is 0. The molecule has 1 aromatic carbocycles. The Labute approximate surface area is 123 Å². The first-order valence-corrected chi connectivity index (χ1v) is 7.18. The summed E-state index contributed by atoms with van der Waals surface area (Å²) >= 11 is 1.45. The van der Waals surface area contributed by atoms with Gasteiger partial charge in [-0.1, -0.05) is 23.5 Å². The van der Waals surface area contributed by atoms with Crippen LogP contribution in [0.3, 0.4) is 0 Å². The Morgan fingerprint density at radius 3 is 2.95 bits per heavy atom. The lowest BCUT2D eigenvalue weighted by atomic mass is 10.2. The molecular weight excluding hydrogens is 284 g/mol. The number of hydrogen-bond acceptors (Lipinski definition) is 5. The van der Waals surface area contributed by atoms with Crippen molar-refractivity contribution in [1.82, 2.24) is 9.38 Å². The van der Waals surface area contributed by atoms with E-state index in [9.17, 15) is 4.79 Å². The van der Waals surface area contributed by atoms with Gasteiger partial charge in [0, 0.05) is 6.21 Å². The predicted octanol–water partition coefficient (Wildman–Crippen LogP) is 2.47. The van der Waals surface area contributed by atoms with Gasteiger partial charge in [-0.05, 0) is 30.4 Å². The van der Waals surface area contributed by atoms with Gasteiger partial charge in [0.05, 0.1) is 21.5 Å². The summed E-state index contributed by atoms with van der Waals surface area (Å²) in [5.41, 5.74) is 7.90. The molecule has 1 aliphatic heterocycles. The van der Waals surface area contributed by atoms with Gasteiger partial charge in [-0.3, -0.25) is 14.2 Å². The third-order valence-corrected chi connectivity index (χ3v) is 4.33. The van der Waals surface area contributed by atoms with Crippen molar-refractivity contribution >= 4 is 44.6 Å². The Morgan fingerprint density at radius 2 is 2.14 bits per heavy atom. The average molecular weight is 294 g/mol. The van der Waals surface area contributed by atoms with Crippen LogP contribution in [0.15, 0.2) is 51.9 Å². The van der Waals surface area contributed by atoms with Gasteiger partial charge in [0.25, 0.3) is 5.56 Å². The van der Waals surface area contributed by atoms with Gasteiger partial charge in [0.1, 0.15) is 5.82 Å². The van der Waals surface area contributed by atoms with Crippen LogP contribution in [0.1, 0.15) is 5.56 Å². The van der Waals surface area contributed by atoms with E-state index >= 15 is 0 Å². The lowest BCUT2D eigenvalue weighted by molar-refractivity contribution is 1.14. The zero-order valence-electron chi connectivity index (χ0n) is 10.9. The number of hydrogen-bond donors (Lipinski definition) is 1. The highest BCUT2D eigenvalue weighted by molar-refractivity contribution is 7.23. The minimum absolute atomic E-state index is 0.331. The molecule has 1 aliphatic rings. The minimum Gasteiger partial charge on any atom is -0.384 e. The number of rotatable bonds is 1. The highest BCUT2D eigenvalue weighted by Crippen LogP contribution is 2.28. The van der Waals surface area contributed by atoms with E-state index in [-0.39, 0.29) is 5.56 Å².